The fourth-order valence-corrected chi connectivity index (χ4v) is 7.13. The molecule has 3 aromatic rings. The van der Waals surface area contributed by atoms with Crippen LogP contribution in [0.1, 0.15) is 22.8 Å². The molecule has 2 heterocycles. The van der Waals surface area contributed by atoms with Crippen LogP contribution in [0.3, 0.4) is 0 Å². The van der Waals surface area contributed by atoms with Gasteiger partial charge in [-0.15, -0.1) is 11.3 Å². The lowest BCUT2D eigenvalue weighted by Gasteiger charge is -2.21. The summed E-state index contributed by atoms with van der Waals surface area (Å²) in [5.74, 6) is -2.98. The van der Waals surface area contributed by atoms with E-state index in [4.69, 9.17) is 0 Å². The Labute approximate surface area is 183 Å². The van der Waals surface area contributed by atoms with Crippen molar-refractivity contribution >= 4 is 27.3 Å². The molecule has 3 atom stereocenters. The van der Waals surface area contributed by atoms with Crippen molar-refractivity contribution in [2.24, 2.45) is 5.92 Å². The van der Waals surface area contributed by atoms with Crippen LogP contribution in [0.5, 0.6) is 0 Å². The standard InChI is InChI=1S/C19H14F3N3O5S2/c20-19(21,22)14-8-12(24-30-14)13-5-6-15(31-13)32(28,29)25-18(17(26)23-27)11-7-9-3-1-2-4-10(9)16(11)18/h1-6,8,11,16,25,27H,7H2,(H,23,26)/t11-,16+,18+/m0/s1. The zero-order valence-corrected chi connectivity index (χ0v) is 17.5. The van der Waals surface area contributed by atoms with Crippen LogP contribution in [0.25, 0.3) is 10.6 Å². The molecule has 8 nitrogen and oxygen atoms in total. The molecule has 0 bridgehead atoms. The summed E-state index contributed by atoms with van der Waals surface area (Å²) in [4.78, 5) is 12.7. The molecular weight excluding hydrogens is 471 g/mol. The first kappa shape index (κ1) is 21.1. The first-order valence-electron chi connectivity index (χ1n) is 9.28. The highest BCUT2D eigenvalue weighted by atomic mass is 32.2. The number of halogens is 3. The average molecular weight is 485 g/mol. The van der Waals surface area contributed by atoms with Crippen molar-refractivity contribution in [2.75, 3.05) is 0 Å². The van der Waals surface area contributed by atoms with E-state index in [0.717, 1.165) is 11.1 Å². The Morgan fingerprint density at radius 1 is 1.25 bits per heavy atom. The van der Waals surface area contributed by atoms with E-state index < -0.39 is 39.3 Å². The van der Waals surface area contributed by atoms with Gasteiger partial charge in [-0.1, -0.05) is 29.4 Å². The molecule has 1 fully saturated rings. The summed E-state index contributed by atoms with van der Waals surface area (Å²) >= 11 is 0.684. The van der Waals surface area contributed by atoms with Gasteiger partial charge in [-0.2, -0.15) is 17.9 Å². The lowest BCUT2D eigenvalue weighted by molar-refractivity contribution is -0.155. The van der Waals surface area contributed by atoms with Crippen LogP contribution < -0.4 is 10.2 Å². The van der Waals surface area contributed by atoms with Crippen LogP contribution in [-0.4, -0.2) is 30.2 Å². The number of thiophene rings is 1. The second kappa shape index (κ2) is 6.88. The van der Waals surface area contributed by atoms with Gasteiger partial charge in [-0.3, -0.25) is 10.0 Å². The molecule has 2 aromatic heterocycles. The summed E-state index contributed by atoms with van der Waals surface area (Å²) in [5.41, 5.74) is 1.68. The van der Waals surface area contributed by atoms with Crippen molar-refractivity contribution in [3.63, 3.8) is 0 Å². The lowest BCUT2D eigenvalue weighted by Crippen LogP contribution is -2.51. The smallest absolute Gasteiger partial charge is 0.351 e. The van der Waals surface area contributed by atoms with Crippen LogP contribution in [0.4, 0.5) is 13.2 Å². The highest BCUT2D eigenvalue weighted by molar-refractivity contribution is 7.91. The number of nitrogens with zero attached hydrogens (tertiary/aromatic N) is 1. The maximum absolute atomic E-state index is 13.1. The first-order valence-corrected chi connectivity index (χ1v) is 11.6. The Morgan fingerprint density at radius 2 is 2.00 bits per heavy atom. The number of carbonyl (C=O) groups is 1. The topological polar surface area (TPSA) is 122 Å². The van der Waals surface area contributed by atoms with E-state index in [-0.39, 0.29) is 20.7 Å². The molecule has 1 aromatic carbocycles. The van der Waals surface area contributed by atoms with Gasteiger partial charge >= 0.3 is 6.18 Å². The van der Waals surface area contributed by atoms with Gasteiger partial charge in [0.15, 0.2) is 0 Å². The maximum atomic E-state index is 13.1. The number of rotatable bonds is 5. The van der Waals surface area contributed by atoms with Crippen molar-refractivity contribution in [2.45, 2.75) is 28.3 Å². The first-order chi connectivity index (χ1) is 15.1. The third-order valence-corrected chi connectivity index (χ3v) is 8.95. The number of hydrogen-bond acceptors (Lipinski definition) is 7. The average Bonchev–Trinajstić information content (AvgIpc) is 3.28. The molecular formula is C19H14F3N3O5S2. The molecule has 32 heavy (non-hydrogen) atoms. The van der Waals surface area contributed by atoms with Crippen molar-refractivity contribution in [1.82, 2.24) is 15.4 Å². The van der Waals surface area contributed by atoms with E-state index in [1.54, 1.807) is 11.5 Å². The molecule has 13 heteroatoms. The Morgan fingerprint density at radius 3 is 2.69 bits per heavy atom. The largest absolute Gasteiger partial charge is 0.452 e. The summed E-state index contributed by atoms with van der Waals surface area (Å²) in [6.45, 7) is 0. The number of hydroxylamine groups is 1. The second-order valence-electron chi connectivity index (χ2n) is 7.60. The molecule has 2 aliphatic carbocycles. The van der Waals surface area contributed by atoms with Gasteiger partial charge in [0.25, 0.3) is 15.9 Å². The minimum atomic E-state index is -4.72. The predicted molar refractivity (Wildman–Crippen MR) is 104 cm³/mol. The molecule has 3 N–H and O–H groups in total. The highest BCUT2D eigenvalue weighted by Gasteiger charge is 2.74. The number of benzene rings is 1. The summed E-state index contributed by atoms with van der Waals surface area (Å²) in [5, 5.41) is 12.6. The monoisotopic (exact) mass is 485 g/mol. The molecule has 168 valence electrons. The van der Waals surface area contributed by atoms with E-state index in [9.17, 15) is 31.6 Å². The van der Waals surface area contributed by atoms with E-state index in [1.807, 2.05) is 18.2 Å². The van der Waals surface area contributed by atoms with Crippen molar-refractivity contribution < 1.29 is 36.1 Å². The number of fused-ring (bicyclic) bond motifs is 3. The molecule has 1 saturated carbocycles. The van der Waals surface area contributed by atoms with E-state index in [0.29, 0.717) is 23.8 Å². The van der Waals surface area contributed by atoms with E-state index in [2.05, 4.69) is 14.4 Å². The minimum absolute atomic E-state index is 0.145. The second-order valence-corrected chi connectivity index (χ2v) is 10.6. The van der Waals surface area contributed by atoms with Gasteiger partial charge in [-0.05, 0) is 29.7 Å². The number of alkyl halides is 3. The van der Waals surface area contributed by atoms with Gasteiger partial charge in [0, 0.05) is 17.9 Å². The molecule has 5 rings (SSSR count). The Bertz CT molecular complexity index is 1330. The highest BCUT2D eigenvalue weighted by Crippen LogP contribution is 2.64. The number of hydrogen-bond donors (Lipinski definition) is 3. The SMILES string of the molecule is O=C(NO)[C@]1(NS(=O)(=O)c2ccc(-c3cc(C(F)(F)F)on3)s2)[C@@H]2c3ccccc3C[C@@H]21. The molecule has 1 amide bonds. The fraction of sp³-hybridized carbons (Fsp3) is 0.263. The molecule has 0 spiro atoms. The van der Waals surface area contributed by atoms with Gasteiger partial charge in [0.1, 0.15) is 15.4 Å². The summed E-state index contributed by atoms with van der Waals surface area (Å²) in [6, 6.07) is 10.5. The fourth-order valence-electron chi connectivity index (χ4n) is 4.45. The number of amides is 1. The summed E-state index contributed by atoms with van der Waals surface area (Å²) in [6.07, 6.45) is -4.26. The Kier molecular flexibility index (Phi) is 4.54. The van der Waals surface area contributed by atoms with Gasteiger partial charge < -0.3 is 4.52 Å². The quantitative estimate of drug-likeness (QED) is 0.378. The number of carbonyl (C=O) groups excluding carboxylic acids is 1. The van der Waals surface area contributed by atoms with E-state index in [1.165, 1.54) is 12.1 Å². The maximum Gasteiger partial charge on any atom is 0.452 e. The Hall–Kier alpha value is -2.74. The van der Waals surface area contributed by atoms with E-state index >= 15 is 0 Å². The zero-order valence-electron chi connectivity index (χ0n) is 15.9. The summed E-state index contributed by atoms with van der Waals surface area (Å²) in [7, 11) is -4.25. The van der Waals surface area contributed by atoms with Crippen LogP contribution in [0.15, 0.2) is 51.2 Å². The predicted octanol–water partition coefficient (Wildman–Crippen LogP) is 2.91. The van der Waals surface area contributed by atoms with Crippen LogP contribution in [0, 0.1) is 5.92 Å². The molecule has 0 unspecified atom stereocenters. The number of nitrogens with one attached hydrogen (secondary N) is 2. The minimum Gasteiger partial charge on any atom is -0.351 e. The Balaban J connectivity index is 1.45. The molecule has 2 aliphatic rings. The van der Waals surface area contributed by atoms with Crippen molar-refractivity contribution in [3.8, 4) is 10.6 Å². The van der Waals surface area contributed by atoms with Gasteiger partial charge in [0.05, 0.1) is 4.88 Å². The normalized spacial score (nSPS) is 24.1. The lowest BCUT2D eigenvalue weighted by atomic mass is 9.98. The van der Waals surface area contributed by atoms with Crippen molar-refractivity contribution in [3.05, 3.63) is 59.4 Å². The third kappa shape index (κ3) is 3.07. The molecule has 0 radical (unpaired) electrons. The molecule has 0 saturated heterocycles. The van der Waals surface area contributed by atoms with Gasteiger partial charge in [-0.25, -0.2) is 13.9 Å². The third-order valence-electron chi connectivity index (χ3n) is 5.87. The number of sulfonamides is 1. The number of aromatic nitrogens is 1. The molecule has 0 aliphatic heterocycles. The van der Waals surface area contributed by atoms with Crippen LogP contribution >= 0.6 is 11.3 Å². The van der Waals surface area contributed by atoms with Crippen molar-refractivity contribution in [1.29, 1.82) is 0 Å². The van der Waals surface area contributed by atoms with Gasteiger partial charge in [0.2, 0.25) is 5.76 Å². The summed E-state index contributed by atoms with van der Waals surface area (Å²) < 4.78 is 70.9. The van der Waals surface area contributed by atoms with Crippen LogP contribution in [-0.2, 0) is 27.4 Å². The zero-order chi connectivity index (χ0) is 22.9. The van der Waals surface area contributed by atoms with Crippen LogP contribution in [0.2, 0.25) is 0 Å².